The molecule has 0 radical (unpaired) electrons. The third-order valence-corrected chi connectivity index (χ3v) is 6.54. The normalized spacial score (nSPS) is 32.8. The molecule has 0 spiro atoms. The minimum Gasteiger partial charge on any atom is -0.450 e. The number of carbonyl (C=O) groups excluding carboxylic acids is 4. The molecule has 2 amide bonds. The lowest BCUT2D eigenvalue weighted by molar-refractivity contribution is -0.197. The van der Waals surface area contributed by atoms with E-state index in [4.69, 9.17) is 28.4 Å². The standard InChI is InChI=1S/C26H32N2O10/c1-15(29)35-21-19(17-13-33-25(3,4)37-17)27(23(21)31)11-9-7-8-10-12-28-20(18-14-34-26(5,6)38-18)22(24(28)32)36-16(2)30/h17-22H,11-14H2,1-6H3/t17-,18-,19+,20+,21-,22-/m1/s1. The highest BCUT2D eigenvalue weighted by Gasteiger charge is 2.57. The van der Waals surface area contributed by atoms with Gasteiger partial charge in [0.1, 0.15) is 24.3 Å². The van der Waals surface area contributed by atoms with Gasteiger partial charge in [0.2, 0.25) is 12.2 Å². The maximum absolute atomic E-state index is 12.6. The number of esters is 2. The number of ether oxygens (including phenoxy) is 6. The molecule has 0 aromatic heterocycles. The van der Waals surface area contributed by atoms with E-state index in [1.807, 2.05) is 0 Å². The van der Waals surface area contributed by atoms with Crippen LogP contribution in [0.3, 0.4) is 0 Å². The lowest BCUT2D eigenvalue weighted by atomic mass is 9.92. The Morgan fingerprint density at radius 3 is 1.45 bits per heavy atom. The zero-order chi connectivity index (χ0) is 27.8. The number of carbonyl (C=O) groups is 4. The van der Waals surface area contributed by atoms with E-state index in [9.17, 15) is 19.2 Å². The fourth-order valence-electron chi connectivity index (χ4n) is 4.94. The van der Waals surface area contributed by atoms with Crippen molar-refractivity contribution < 1.29 is 47.6 Å². The third kappa shape index (κ3) is 5.79. The molecular weight excluding hydrogens is 500 g/mol. The molecule has 206 valence electrons. The van der Waals surface area contributed by atoms with Gasteiger partial charge < -0.3 is 38.2 Å². The number of rotatable bonds is 6. The summed E-state index contributed by atoms with van der Waals surface area (Å²) in [5, 5.41) is 0. The number of hydrogen-bond acceptors (Lipinski definition) is 10. The highest BCUT2D eigenvalue weighted by molar-refractivity contribution is 5.91. The zero-order valence-corrected chi connectivity index (χ0v) is 22.3. The van der Waals surface area contributed by atoms with Gasteiger partial charge in [0, 0.05) is 13.8 Å². The van der Waals surface area contributed by atoms with Gasteiger partial charge in [-0.1, -0.05) is 11.8 Å². The molecule has 4 rings (SSSR count). The zero-order valence-electron chi connectivity index (χ0n) is 22.3. The van der Waals surface area contributed by atoms with Crippen LogP contribution in [0, 0.1) is 23.7 Å². The van der Waals surface area contributed by atoms with Crippen LogP contribution in [0.5, 0.6) is 0 Å². The summed E-state index contributed by atoms with van der Waals surface area (Å²) < 4.78 is 33.3. The Bertz CT molecular complexity index is 1040. The van der Waals surface area contributed by atoms with Crippen molar-refractivity contribution in [1.29, 1.82) is 0 Å². The molecule has 38 heavy (non-hydrogen) atoms. The van der Waals surface area contributed by atoms with Gasteiger partial charge in [0.05, 0.1) is 26.3 Å². The lowest BCUT2D eigenvalue weighted by Gasteiger charge is -2.47. The van der Waals surface area contributed by atoms with Crippen LogP contribution in [-0.4, -0.2) is 108 Å². The fourth-order valence-corrected chi connectivity index (χ4v) is 4.94. The van der Waals surface area contributed by atoms with Gasteiger partial charge in [-0.2, -0.15) is 0 Å². The first-order chi connectivity index (χ1) is 17.8. The van der Waals surface area contributed by atoms with E-state index in [-0.39, 0.29) is 38.1 Å². The summed E-state index contributed by atoms with van der Waals surface area (Å²) in [5.41, 5.74) is 0. The smallest absolute Gasteiger partial charge is 0.303 e. The molecule has 0 unspecified atom stereocenters. The first kappa shape index (κ1) is 27.9. The van der Waals surface area contributed by atoms with Crippen LogP contribution in [0.25, 0.3) is 0 Å². The van der Waals surface area contributed by atoms with E-state index in [1.54, 1.807) is 27.7 Å². The molecule has 4 saturated heterocycles. The second kappa shape index (κ2) is 10.5. The van der Waals surface area contributed by atoms with Gasteiger partial charge in [-0.3, -0.25) is 19.2 Å². The average molecular weight is 533 g/mol. The van der Waals surface area contributed by atoms with Gasteiger partial charge in [-0.25, -0.2) is 0 Å². The van der Waals surface area contributed by atoms with Crippen molar-refractivity contribution in [3.63, 3.8) is 0 Å². The Balaban J connectivity index is 1.36. The van der Waals surface area contributed by atoms with E-state index < -0.39 is 60.0 Å². The summed E-state index contributed by atoms with van der Waals surface area (Å²) in [5.74, 6) is 7.55. The van der Waals surface area contributed by atoms with E-state index in [2.05, 4.69) is 23.7 Å². The molecule has 0 bridgehead atoms. The molecule has 4 fully saturated rings. The molecule has 0 aromatic rings. The average Bonchev–Trinajstić information content (AvgIpc) is 3.36. The van der Waals surface area contributed by atoms with Crippen molar-refractivity contribution in [3.8, 4) is 23.7 Å². The summed E-state index contributed by atoms with van der Waals surface area (Å²) in [7, 11) is 0. The van der Waals surface area contributed by atoms with Crippen molar-refractivity contribution >= 4 is 23.8 Å². The van der Waals surface area contributed by atoms with Crippen molar-refractivity contribution in [2.45, 2.75) is 89.6 Å². The maximum Gasteiger partial charge on any atom is 0.303 e. The molecule has 0 saturated carbocycles. The monoisotopic (exact) mass is 532 g/mol. The molecule has 0 aromatic carbocycles. The summed E-state index contributed by atoms with van der Waals surface area (Å²) in [4.78, 5) is 51.0. The van der Waals surface area contributed by atoms with Crippen molar-refractivity contribution in [2.75, 3.05) is 26.3 Å². The van der Waals surface area contributed by atoms with Crippen LogP contribution in [-0.2, 0) is 47.6 Å². The van der Waals surface area contributed by atoms with Crippen molar-refractivity contribution in [2.24, 2.45) is 0 Å². The van der Waals surface area contributed by atoms with Gasteiger partial charge in [0.25, 0.3) is 11.8 Å². The number of hydrogen-bond donors (Lipinski definition) is 0. The van der Waals surface area contributed by atoms with Gasteiger partial charge in [-0.05, 0) is 39.5 Å². The summed E-state index contributed by atoms with van der Waals surface area (Å²) >= 11 is 0. The molecule has 4 aliphatic rings. The minimum atomic E-state index is -0.950. The Kier molecular flexibility index (Phi) is 7.73. The Morgan fingerprint density at radius 1 is 0.789 bits per heavy atom. The van der Waals surface area contributed by atoms with Gasteiger partial charge in [-0.15, -0.1) is 0 Å². The topological polar surface area (TPSA) is 130 Å². The molecule has 4 heterocycles. The lowest BCUT2D eigenvalue weighted by Crippen LogP contribution is -2.70. The molecule has 12 heteroatoms. The number of amides is 2. The highest BCUT2D eigenvalue weighted by atomic mass is 16.7. The van der Waals surface area contributed by atoms with E-state index >= 15 is 0 Å². The second-order valence-electron chi connectivity index (χ2n) is 10.3. The quantitative estimate of drug-likeness (QED) is 0.253. The molecule has 0 N–H and O–H groups in total. The van der Waals surface area contributed by atoms with Crippen molar-refractivity contribution in [1.82, 2.24) is 9.80 Å². The molecule has 4 aliphatic heterocycles. The summed E-state index contributed by atoms with van der Waals surface area (Å²) in [6, 6.07) is -1.04. The highest BCUT2D eigenvalue weighted by Crippen LogP contribution is 2.35. The van der Waals surface area contributed by atoms with Gasteiger partial charge >= 0.3 is 11.9 Å². The molecular formula is C26H32N2O10. The number of β-lactam (4-membered cyclic amide) rings is 2. The van der Waals surface area contributed by atoms with E-state index in [1.165, 1.54) is 23.6 Å². The second-order valence-corrected chi connectivity index (χ2v) is 10.3. The Hall–Kier alpha value is -3.16. The predicted molar refractivity (Wildman–Crippen MR) is 127 cm³/mol. The first-order valence-electron chi connectivity index (χ1n) is 12.3. The van der Waals surface area contributed by atoms with E-state index in [0.717, 1.165) is 0 Å². The van der Waals surface area contributed by atoms with E-state index in [0.29, 0.717) is 0 Å². The first-order valence-corrected chi connectivity index (χ1v) is 12.3. The SMILES string of the molecule is CC(=O)O[C@H]1C(=O)N(CC#CC#CCN2C(=O)[C@H](OC(C)=O)[C@@H]2[C@H]2COC(C)(C)O2)[C@H]1[C@H]1COC(C)(C)O1. The third-order valence-electron chi connectivity index (χ3n) is 6.54. The number of likely N-dealkylation sites (tertiary alicyclic amines) is 2. The Labute approximate surface area is 221 Å². The largest absolute Gasteiger partial charge is 0.450 e. The summed E-state index contributed by atoms with van der Waals surface area (Å²) in [6.45, 7) is 10.2. The van der Waals surface area contributed by atoms with Crippen LogP contribution in [0.2, 0.25) is 0 Å². The van der Waals surface area contributed by atoms with Crippen LogP contribution >= 0.6 is 0 Å². The summed E-state index contributed by atoms with van der Waals surface area (Å²) in [6.07, 6.45) is -2.83. The van der Waals surface area contributed by atoms with Crippen LogP contribution in [0.1, 0.15) is 41.5 Å². The predicted octanol–water partition coefficient (Wildman–Crippen LogP) is -0.419. The van der Waals surface area contributed by atoms with Crippen LogP contribution in [0.4, 0.5) is 0 Å². The maximum atomic E-state index is 12.6. The van der Waals surface area contributed by atoms with Crippen molar-refractivity contribution in [3.05, 3.63) is 0 Å². The molecule has 0 aliphatic carbocycles. The fraction of sp³-hybridized carbons (Fsp3) is 0.692. The number of nitrogens with zero attached hydrogens (tertiary/aromatic N) is 2. The van der Waals surface area contributed by atoms with Crippen LogP contribution in [0.15, 0.2) is 0 Å². The Morgan fingerprint density at radius 2 is 1.16 bits per heavy atom. The molecule has 12 nitrogen and oxygen atoms in total. The molecule has 6 atom stereocenters. The minimum absolute atomic E-state index is 0.0539. The van der Waals surface area contributed by atoms with Crippen LogP contribution < -0.4 is 0 Å². The van der Waals surface area contributed by atoms with Gasteiger partial charge in [0.15, 0.2) is 11.6 Å².